The molecular formula is C19H34N4O2. The first-order chi connectivity index (χ1) is 12.1. The minimum Gasteiger partial charge on any atom is -0.342 e. The van der Waals surface area contributed by atoms with Gasteiger partial charge in [0.1, 0.15) is 0 Å². The largest absolute Gasteiger partial charge is 0.342 e. The zero-order valence-corrected chi connectivity index (χ0v) is 15.8. The van der Waals surface area contributed by atoms with Gasteiger partial charge in [0.15, 0.2) is 0 Å². The van der Waals surface area contributed by atoms with E-state index in [4.69, 9.17) is 0 Å². The maximum Gasteiger partial charge on any atom is 0.236 e. The molecule has 0 aromatic carbocycles. The van der Waals surface area contributed by atoms with Gasteiger partial charge in [-0.1, -0.05) is 19.3 Å². The predicted molar refractivity (Wildman–Crippen MR) is 98.3 cm³/mol. The molecule has 0 bridgehead atoms. The first kappa shape index (κ1) is 18.6. The highest BCUT2D eigenvalue weighted by Crippen LogP contribution is 2.21. The van der Waals surface area contributed by atoms with E-state index in [-0.39, 0.29) is 11.8 Å². The molecule has 6 nitrogen and oxygen atoms in total. The SMILES string of the molecule is CN(C(=O)CN1CCN(CC(=O)N2CCCC2)CC1)C1CCCCC1. The third-order valence-electron chi connectivity index (χ3n) is 6.16. The van der Waals surface area contributed by atoms with E-state index in [1.54, 1.807) is 0 Å². The topological polar surface area (TPSA) is 47.1 Å². The van der Waals surface area contributed by atoms with Gasteiger partial charge in [0.25, 0.3) is 0 Å². The molecule has 1 saturated carbocycles. The lowest BCUT2D eigenvalue weighted by molar-refractivity contribution is -0.135. The Labute approximate surface area is 152 Å². The highest BCUT2D eigenvalue weighted by Gasteiger charge is 2.26. The standard InChI is InChI=1S/C19H34N4O2/c1-20(17-7-3-2-4-8-17)18(24)15-21-11-13-22(14-12-21)16-19(25)23-9-5-6-10-23/h17H,2-16H2,1H3. The summed E-state index contributed by atoms with van der Waals surface area (Å²) in [6.07, 6.45) is 8.45. The monoisotopic (exact) mass is 350 g/mol. The molecule has 2 heterocycles. The number of carbonyl (C=O) groups excluding carboxylic acids is 2. The second-order valence-electron chi connectivity index (χ2n) is 7.94. The van der Waals surface area contributed by atoms with Gasteiger partial charge in [-0.25, -0.2) is 0 Å². The summed E-state index contributed by atoms with van der Waals surface area (Å²) in [7, 11) is 1.98. The third kappa shape index (κ3) is 5.17. The van der Waals surface area contributed by atoms with Crippen molar-refractivity contribution in [3.8, 4) is 0 Å². The summed E-state index contributed by atoms with van der Waals surface area (Å²) in [6.45, 7) is 6.49. The van der Waals surface area contributed by atoms with Gasteiger partial charge in [-0.3, -0.25) is 19.4 Å². The zero-order chi connectivity index (χ0) is 17.6. The molecule has 2 saturated heterocycles. The van der Waals surface area contributed by atoms with Crippen LogP contribution in [-0.2, 0) is 9.59 Å². The van der Waals surface area contributed by atoms with E-state index in [2.05, 4.69) is 9.80 Å². The summed E-state index contributed by atoms with van der Waals surface area (Å²) in [5.41, 5.74) is 0. The van der Waals surface area contributed by atoms with Crippen LogP contribution in [0.5, 0.6) is 0 Å². The van der Waals surface area contributed by atoms with Crippen molar-refractivity contribution in [3.63, 3.8) is 0 Å². The quantitative estimate of drug-likeness (QED) is 0.743. The Morgan fingerprint density at radius 1 is 0.800 bits per heavy atom. The van der Waals surface area contributed by atoms with Crippen molar-refractivity contribution >= 4 is 11.8 Å². The minimum absolute atomic E-state index is 0.258. The lowest BCUT2D eigenvalue weighted by Crippen LogP contribution is -2.52. The Morgan fingerprint density at radius 3 is 1.96 bits per heavy atom. The highest BCUT2D eigenvalue weighted by atomic mass is 16.2. The average molecular weight is 351 g/mol. The number of nitrogens with zero attached hydrogens (tertiary/aromatic N) is 4. The lowest BCUT2D eigenvalue weighted by atomic mass is 9.94. The molecule has 2 amide bonds. The van der Waals surface area contributed by atoms with Crippen LogP contribution in [-0.4, -0.2) is 96.9 Å². The van der Waals surface area contributed by atoms with Crippen LogP contribution < -0.4 is 0 Å². The average Bonchev–Trinajstić information content (AvgIpc) is 3.18. The second-order valence-corrected chi connectivity index (χ2v) is 7.94. The molecule has 0 unspecified atom stereocenters. The lowest BCUT2D eigenvalue weighted by Gasteiger charge is -2.37. The van der Waals surface area contributed by atoms with E-state index < -0.39 is 0 Å². The number of carbonyl (C=O) groups is 2. The smallest absolute Gasteiger partial charge is 0.236 e. The number of rotatable bonds is 5. The van der Waals surface area contributed by atoms with Crippen molar-refractivity contribution in [3.05, 3.63) is 0 Å². The van der Waals surface area contributed by atoms with Crippen molar-refractivity contribution in [2.24, 2.45) is 0 Å². The molecule has 6 heteroatoms. The van der Waals surface area contributed by atoms with Crippen LogP contribution >= 0.6 is 0 Å². The Bertz CT molecular complexity index is 450. The predicted octanol–water partition coefficient (Wildman–Crippen LogP) is 1.02. The van der Waals surface area contributed by atoms with Gasteiger partial charge in [-0.2, -0.15) is 0 Å². The van der Waals surface area contributed by atoms with Crippen LogP contribution in [0, 0.1) is 0 Å². The highest BCUT2D eigenvalue weighted by molar-refractivity contribution is 5.79. The van der Waals surface area contributed by atoms with Crippen molar-refractivity contribution in [1.82, 2.24) is 19.6 Å². The molecule has 3 aliphatic rings. The molecular weight excluding hydrogens is 316 g/mol. The summed E-state index contributed by atoms with van der Waals surface area (Å²) in [6, 6.07) is 0.445. The molecule has 0 N–H and O–H groups in total. The minimum atomic E-state index is 0.258. The van der Waals surface area contributed by atoms with E-state index in [9.17, 15) is 9.59 Å². The molecule has 0 atom stereocenters. The van der Waals surface area contributed by atoms with Gasteiger partial charge in [-0.15, -0.1) is 0 Å². The maximum atomic E-state index is 12.6. The van der Waals surface area contributed by atoms with E-state index in [0.29, 0.717) is 19.1 Å². The number of piperazine rings is 1. The van der Waals surface area contributed by atoms with E-state index in [0.717, 1.165) is 65.0 Å². The summed E-state index contributed by atoms with van der Waals surface area (Å²) >= 11 is 0. The summed E-state index contributed by atoms with van der Waals surface area (Å²) < 4.78 is 0. The van der Waals surface area contributed by atoms with Crippen molar-refractivity contribution in [2.75, 3.05) is 59.4 Å². The van der Waals surface area contributed by atoms with Gasteiger partial charge < -0.3 is 9.80 Å². The molecule has 0 aromatic rings. The van der Waals surface area contributed by atoms with E-state index >= 15 is 0 Å². The zero-order valence-electron chi connectivity index (χ0n) is 15.8. The third-order valence-corrected chi connectivity index (χ3v) is 6.16. The molecule has 0 aromatic heterocycles. The second kappa shape index (κ2) is 8.99. The van der Waals surface area contributed by atoms with Crippen LogP contribution in [0.3, 0.4) is 0 Å². The Hall–Kier alpha value is -1.14. The van der Waals surface area contributed by atoms with Crippen molar-refractivity contribution in [1.29, 1.82) is 0 Å². The first-order valence-corrected chi connectivity index (χ1v) is 10.1. The van der Waals surface area contributed by atoms with Crippen LogP contribution in [0.2, 0.25) is 0 Å². The number of amides is 2. The Morgan fingerprint density at radius 2 is 1.36 bits per heavy atom. The van der Waals surface area contributed by atoms with Gasteiger partial charge >= 0.3 is 0 Å². The molecule has 25 heavy (non-hydrogen) atoms. The fourth-order valence-corrected chi connectivity index (χ4v) is 4.34. The molecule has 0 radical (unpaired) electrons. The van der Waals surface area contributed by atoms with E-state index in [1.807, 2.05) is 16.8 Å². The normalized spacial score (nSPS) is 23.8. The summed E-state index contributed by atoms with van der Waals surface area (Å²) in [5, 5.41) is 0. The maximum absolute atomic E-state index is 12.6. The first-order valence-electron chi connectivity index (χ1n) is 10.1. The number of hydrogen-bond acceptors (Lipinski definition) is 4. The van der Waals surface area contributed by atoms with Gasteiger partial charge in [0.05, 0.1) is 13.1 Å². The van der Waals surface area contributed by atoms with Gasteiger partial charge in [-0.05, 0) is 25.7 Å². The Balaban J connectivity index is 1.36. The fraction of sp³-hybridized carbons (Fsp3) is 0.895. The molecule has 1 aliphatic carbocycles. The molecule has 142 valence electrons. The Kier molecular flexibility index (Phi) is 6.70. The molecule has 0 spiro atoms. The molecule has 2 aliphatic heterocycles. The molecule has 3 fully saturated rings. The van der Waals surface area contributed by atoms with Crippen LogP contribution in [0.4, 0.5) is 0 Å². The molecule has 3 rings (SSSR count). The van der Waals surface area contributed by atoms with Crippen LogP contribution in [0.15, 0.2) is 0 Å². The van der Waals surface area contributed by atoms with Crippen molar-refractivity contribution < 1.29 is 9.59 Å². The van der Waals surface area contributed by atoms with Crippen LogP contribution in [0.1, 0.15) is 44.9 Å². The van der Waals surface area contributed by atoms with Crippen LogP contribution in [0.25, 0.3) is 0 Å². The number of likely N-dealkylation sites (N-methyl/N-ethyl adjacent to an activating group) is 1. The summed E-state index contributed by atoms with van der Waals surface area (Å²) in [4.78, 5) is 33.3. The number of likely N-dealkylation sites (tertiary alicyclic amines) is 1. The van der Waals surface area contributed by atoms with Gasteiger partial charge in [0, 0.05) is 52.4 Å². The summed E-state index contributed by atoms with van der Waals surface area (Å²) in [5.74, 6) is 0.535. The van der Waals surface area contributed by atoms with E-state index in [1.165, 1.54) is 19.3 Å². The number of hydrogen-bond donors (Lipinski definition) is 0. The fourth-order valence-electron chi connectivity index (χ4n) is 4.34. The van der Waals surface area contributed by atoms with Gasteiger partial charge in [0.2, 0.25) is 11.8 Å². The van der Waals surface area contributed by atoms with Crippen molar-refractivity contribution in [2.45, 2.75) is 51.0 Å².